The highest BCUT2D eigenvalue weighted by Gasteiger charge is 1.94. The Bertz CT molecular complexity index is 195. The van der Waals surface area contributed by atoms with E-state index in [-0.39, 0.29) is 0 Å². The summed E-state index contributed by atoms with van der Waals surface area (Å²) in [6, 6.07) is 3.86. The van der Waals surface area contributed by atoms with E-state index in [4.69, 9.17) is 10.5 Å². The molecule has 0 amide bonds. The first-order valence-corrected chi connectivity index (χ1v) is 4.14. The molecule has 0 aliphatic carbocycles. The Morgan fingerprint density at radius 3 is 2.83 bits per heavy atom. The van der Waals surface area contributed by atoms with Crippen molar-refractivity contribution in [1.29, 1.82) is 0 Å². The summed E-state index contributed by atoms with van der Waals surface area (Å²) in [6.07, 6.45) is 2.68. The summed E-state index contributed by atoms with van der Waals surface area (Å²) in [7, 11) is 0. The van der Waals surface area contributed by atoms with Crippen molar-refractivity contribution in [1.82, 2.24) is 4.98 Å². The maximum Gasteiger partial charge on any atom is 0.213 e. The van der Waals surface area contributed by atoms with Crippen LogP contribution in [0.25, 0.3) is 0 Å². The topological polar surface area (TPSA) is 48.1 Å². The van der Waals surface area contributed by atoms with E-state index in [9.17, 15) is 0 Å². The molecule has 1 rings (SSSR count). The fraction of sp³-hybridized carbons (Fsp3) is 0.444. The van der Waals surface area contributed by atoms with Crippen molar-refractivity contribution in [3.05, 3.63) is 23.9 Å². The van der Waals surface area contributed by atoms with E-state index in [2.05, 4.69) is 4.98 Å². The van der Waals surface area contributed by atoms with Gasteiger partial charge in [0.15, 0.2) is 0 Å². The number of hydrogen-bond acceptors (Lipinski definition) is 3. The van der Waals surface area contributed by atoms with Crippen LogP contribution in [-0.4, -0.2) is 18.1 Å². The first-order valence-electron chi connectivity index (χ1n) is 4.14. The number of nitrogens with zero attached hydrogens (tertiary/aromatic N) is 1. The van der Waals surface area contributed by atoms with Crippen LogP contribution in [0.2, 0.25) is 0 Å². The summed E-state index contributed by atoms with van der Waals surface area (Å²) in [5.74, 6) is 0.679. The smallest absolute Gasteiger partial charge is 0.213 e. The Labute approximate surface area is 72.6 Å². The Kier molecular flexibility index (Phi) is 3.54. The largest absolute Gasteiger partial charge is 0.478 e. The molecule has 0 saturated heterocycles. The maximum atomic E-state index is 5.40. The molecule has 66 valence electrons. The molecule has 3 heteroatoms. The third-order valence-electron chi connectivity index (χ3n) is 1.52. The predicted molar refractivity (Wildman–Crippen MR) is 48.2 cm³/mol. The highest BCUT2D eigenvalue weighted by molar-refractivity contribution is 5.17. The Morgan fingerprint density at radius 1 is 1.50 bits per heavy atom. The first-order chi connectivity index (χ1) is 5.86. The first kappa shape index (κ1) is 9.00. The van der Waals surface area contributed by atoms with Crippen LogP contribution in [-0.2, 0) is 6.42 Å². The molecule has 0 aliphatic rings. The molecule has 0 unspecified atom stereocenters. The van der Waals surface area contributed by atoms with Crippen molar-refractivity contribution in [2.24, 2.45) is 5.73 Å². The van der Waals surface area contributed by atoms with E-state index in [0.717, 1.165) is 12.0 Å². The number of rotatable bonds is 4. The molecular weight excluding hydrogens is 152 g/mol. The minimum atomic E-state index is 0.656. The van der Waals surface area contributed by atoms with Gasteiger partial charge < -0.3 is 10.5 Å². The van der Waals surface area contributed by atoms with Gasteiger partial charge in [-0.25, -0.2) is 4.98 Å². The summed E-state index contributed by atoms with van der Waals surface area (Å²) < 4.78 is 5.20. The van der Waals surface area contributed by atoms with Gasteiger partial charge in [-0.15, -0.1) is 0 Å². The lowest BCUT2D eigenvalue weighted by molar-refractivity contribution is 0.326. The average Bonchev–Trinajstić information content (AvgIpc) is 2.09. The monoisotopic (exact) mass is 166 g/mol. The molecule has 1 heterocycles. The van der Waals surface area contributed by atoms with Gasteiger partial charge in [-0.05, 0) is 25.5 Å². The van der Waals surface area contributed by atoms with E-state index in [1.54, 1.807) is 6.20 Å². The zero-order valence-electron chi connectivity index (χ0n) is 7.29. The maximum absolute atomic E-state index is 5.40. The van der Waals surface area contributed by atoms with Gasteiger partial charge in [0.1, 0.15) is 0 Å². The molecule has 0 bridgehead atoms. The fourth-order valence-corrected chi connectivity index (χ4v) is 0.959. The molecule has 1 aromatic heterocycles. The van der Waals surface area contributed by atoms with Gasteiger partial charge in [-0.3, -0.25) is 0 Å². The lowest BCUT2D eigenvalue weighted by Crippen LogP contribution is -2.03. The Hall–Kier alpha value is -1.09. The molecule has 0 atom stereocenters. The third kappa shape index (κ3) is 2.51. The van der Waals surface area contributed by atoms with E-state index in [1.807, 2.05) is 19.1 Å². The quantitative estimate of drug-likeness (QED) is 0.725. The standard InChI is InChI=1S/C9H14N2O/c1-2-12-9-4-3-8(5-6-10)7-11-9/h3-4,7H,2,5-6,10H2,1H3. The molecule has 1 aromatic rings. The molecule has 2 N–H and O–H groups in total. The van der Waals surface area contributed by atoms with Crippen LogP contribution in [0.3, 0.4) is 0 Å². The fourth-order valence-electron chi connectivity index (χ4n) is 0.959. The van der Waals surface area contributed by atoms with Gasteiger partial charge in [0.25, 0.3) is 0 Å². The number of pyridine rings is 1. The van der Waals surface area contributed by atoms with Gasteiger partial charge in [0, 0.05) is 12.3 Å². The number of nitrogens with two attached hydrogens (primary N) is 1. The summed E-state index contributed by atoms with van der Waals surface area (Å²) >= 11 is 0. The second-order valence-electron chi connectivity index (χ2n) is 2.48. The van der Waals surface area contributed by atoms with Crippen molar-refractivity contribution in [2.75, 3.05) is 13.2 Å². The molecule has 0 aliphatic heterocycles. The molecule has 12 heavy (non-hydrogen) atoms. The second-order valence-corrected chi connectivity index (χ2v) is 2.48. The molecule has 0 radical (unpaired) electrons. The molecule has 0 fully saturated rings. The predicted octanol–water partition coefficient (Wildman–Crippen LogP) is 0.981. The Balaban J connectivity index is 2.58. The van der Waals surface area contributed by atoms with E-state index in [1.165, 1.54) is 0 Å². The third-order valence-corrected chi connectivity index (χ3v) is 1.52. The summed E-state index contributed by atoms with van der Waals surface area (Å²) in [6.45, 7) is 3.26. The SMILES string of the molecule is CCOc1ccc(CCN)cn1. The minimum absolute atomic E-state index is 0.656. The minimum Gasteiger partial charge on any atom is -0.478 e. The normalized spacial score (nSPS) is 9.83. The molecule has 0 aromatic carbocycles. The van der Waals surface area contributed by atoms with Crippen molar-refractivity contribution in [2.45, 2.75) is 13.3 Å². The van der Waals surface area contributed by atoms with Crippen LogP contribution >= 0.6 is 0 Å². The lowest BCUT2D eigenvalue weighted by atomic mass is 10.2. The van der Waals surface area contributed by atoms with Gasteiger partial charge >= 0.3 is 0 Å². The van der Waals surface area contributed by atoms with Crippen molar-refractivity contribution in [3.8, 4) is 5.88 Å². The van der Waals surface area contributed by atoms with Crippen LogP contribution < -0.4 is 10.5 Å². The van der Waals surface area contributed by atoms with Gasteiger partial charge in [0.2, 0.25) is 5.88 Å². The molecular formula is C9H14N2O. The van der Waals surface area contributed by atoms with Crippen LogP contribution in [0, 0.1) is 0 Å². The molecule has 0 spiro atoms. The van der Waals surface area contributed by atoms with E-state index < -0.39 is 0 Å². The number of aromatic nitrogens is 1. The van der Waals surface area contributed by atoms with Gasteiger partial charge in [-0.2, -0.15) is 0 Å². The van der Waals surface area contributed by atoms with E-state index in [0.29, 0.717) is 19.0 Å². The number of hydrogen-bond donors (Lipinski definition) is 1. The summed E-state index contributed by atoms with van der Waals surface area (Å²) in [5, 5.41) is 0. The van der Waals surface area contributed by atoms with Crippen molar-refractivity contribution in [3.63, 3.8) is 0 Å². The summed E-state index contributed by atoms with van der Waals surface area (Å²) in [5.41, 5.74) is 6.55. The van der Waals surface area contributed by atoms with Crippen molar-refractivity contribution < 1.29 is 4.74 Å². The Morgan fingerprint density at radius 2 is 2.33 bits per heavy atom. The zero-order chi connectivity index (χ0) is 8.81. The lowest BCUT2D eigenvalue weighted by Gasteiger charge is -2.02. The highest BCUT2D eigenvalue weighted by atomic mass is 16.5. The van der Waals surface area contributed by atoms with Crippen LogP contribution in [0.1, 0.15) is 12.5 Å². The van der Waals surface area contributed by atoms with Crippen LogP contribution in [0.15, 0.2) is 18.3 Å². The zero-order valence-corrected chi connectivity index (χ0v) is 7.29. The summed E-state index contributed by atoms with van der Waals surface area (Å²) in [4.78, 5) is 4.11. The van der Waals surface area contributed by atoms with Gasteiger partial charge in [0.05, 0.1) is 6.61 Å². The van der Waals surface area contributed by atoms with Gasteiger partial charge in [-0.1, -0.05) is 6.07 Å². The van der Waals surface area contributed by atoms with Crippen LogP contribution in [0.4, 0.5) is 0 Å². The second kappa shape index (κ2) is 4.72. The molecule has 0 saturated carbocycles. The number of ether oxygens (including phenoxy) is 1. The highest BCUT2D eigenvalue weighted by Crippen LogP contribution is 2.07. The average molecular weight is 166 g/mol. The van der Waals surface area contributed by atoms with Crippen LogP contribution in [0.5, 0.6) is 5.88 Å². The van der Waals surface area contributed by atoms with Crippen molar-refractivity contribution >= 4 is 0 Å². The molecule has 3 nitrogen and oxygen atoms in total. The van der Waals surface area contributed by atoms with E-state index >= 15 is 0 Å².